The quantitative estimate of drug-likeness (QED) is 0.616. The highest BCUT2D eigenvalue weighted by atomic mass is 35.5. The van der Waals surface area contributed by atoms with Gasteiger partial charge in [0.1, 0.15) is 18.2 Å². The predicted octanol–water partition coefficient (Wildman–Crippen LogP) is 4.10. The number of carbonyl (C=O) groups is 1. The first-order chi connectivity index (χ1) is 11.6. The number of esters is 1. The molecule has 0 saturated carbocycles. The van der Waals surface area contributed by atoms with Crippen LogP contribution in [0.15, 0.2) is 42.5 Å². The van der Waals surface area contributed by atoms with Crippen LogP contribution in [0.4, 0.5) is 4.39 Å². The molecule has 0 radical (unpaired) electrons. The fourth-order valence-electron chi connectivity index (χ4n) is 2.33. The van der Waals surface area contributed by atoms with Crippen molar-refractivity contribution in [1.29, 1.82) is 0 Å². The Balaban J connectivity index is 1.67. The molecule has 1 heterocycles. The van der Waals surface area contributed by atoms with Crippen LogP contribution < -0.4 is 4.74 Å². The first kappa shape index (κ1) is 16.5. The van der Waals surface area contributed by atoms with Crippen LogP contribution in [0.3, 0.4) is 0 Å². The maximum Gasteiger partial charge on any atom is 0.331 e. The van der Waals surface area contributed by atoms with E-state index in [-0.39, 0.29) is 13.4 Å². The molecule has 4 nitrogen and oxygen atoms in total. The van der Waals surface area contributed by atoms with Crippen molar-refractivity contribution in [2.75, 3.05) is 6.79 Å². The number of carbonyl (C=O) groups excluding carboxylic acids is 1. The lowest BCUT2D eigenvalue weighted by molar-refractivity contribution is -0.139. The van der Waals surface area contributed by atoms with Crippen molar-refractivity contribution >= 4 is 23.6 Å². The molecule has 0 amide bonds. The molecule has 1 aliphatic heterocycles. The van der Waals surface area contributed by atoms with Gasteiger partial charge in [-0.15, -0.1) is 0 Å². The van der Waals surface area contributed by atoms with Gasteiger partial charge in [-0.3, -0.25) is 0 Å². The van der Waals surface area contributed by atoms with Crippen LogP contribution in [0, 0.1) is 5.82 Å². The molecular weight excluding hydrogens is 335 g/mol. The van der Waals surface area contributed by atoms with E-state index >= 15 is 0 Å². The summed E-state index contributed by atoms with van der Waals surface area (Å²) in [5.41, 5.74) is 1.78. The average Bonchev–Trinajstić information content (AvgIpc) is 2.58. The Morgan fingerprint density at radius 2 is 2.17 bits per heavy atom. The number of halogens is 2. The molecule has 0 unspecified atom stereocenters. The van der Waals surface area contributed by atoms with Crippen molar-refractivity contribution in [3.63, 3.8) is 0 Å². The largest absolute Gasteiger partial charge is 0.467 e. The predicted molar refractivity (Wildman–Crippen MR) is 87.0 cm³/mol. The number of rotatable bonds is 4. The van der Waals surface area contributed by atoms with Gasteiger partial charge in [-0.2, -0.15) is 0 Å². The topological polar surface area (TPSA) is 44.8 Å². The van der Waals surface area contributed by atoms with Crippen molar-refractivity contribution < 1.29 is 23.4 Å². The zero-order valence-corrected chi connectivity index (χ0v) is 13.4. The molecule has 2 aromatic rings. The molecule has 124 valence electrons. The molecule has 0 aromatic heterocycles. The normalized spacial score (nSPS) is 13.4. The van der Waals surface area contributed by atoms with E-state index in [1.807, 2.05) is 0 Å². The van der Waals surface area contributed by atoms with E-state index in [0.29, 0.717) is 28.5 Å². The summed E-state index contributed by atoms with van der Waals surface area (Å²) in [6.07, 6.45) is 2.55. The van der Waals surface area contributed by atoms with E-state index in [9.17, 15) is 9.18 Å². The third-order valence-corrected chi connectivity index (χ3v) is 3.64. The summed E-state index contributed by atoms with van der Waals surface area (Å²) in [5, 5.41) is 0.510. The fourth-order valence-corrected chi connectivity index (χ4v) is 2.59. The molecule has 0 fully saturated rings. The van der Waals surface area contributed by atoms with Crippen LogP contribution in [0.25, 0.3) is 6.08 Å². The molecule has 0 spiro atoms. The van der Waals surface area contributed by atoms with Crippen LogP contribution in [-0.2, 0) is 27.5 Å². The van der Waals surface area contributed by atoms with Crippen LogP contribution in [0.1, 0.15) is 16.7 Å². The van der Waals surface area contributed by atoms with Crippen LogP contribution in [0.2, 0.25) is 5.02 Å². The molecular formula is C18H14ClFO4. The van der Waals surface area contributed by atoms with Gasteiger partial charge < -0.3 is 14.2 Å². The number of hydrogen-bond donors (Lipinski definition) is 0. The van der Waals surface area contributed by atoms with Gasteiger partial charge in [0.05, 0.1) is 6.61 Å². The van der Waals surface area contributed by atoms with Gasteiger partial charge in [0.15, 0.2) is 6.79 Å². The zero-order valence-electron chi connectivity index (χ0n) is 12.6. The summed E-state index contributed by atoms with van der Waals surface area (Å²) < 4.78 is 29.3. The second kappa shape index (κ2) is 7.47. The van der Waals surface area contributed by atoms with Gasteiger partial charge >= 0.3 is 5.97 Å². The Kier molecular flexibility index (Phi) is 5.13. The lowest BCUT2D eigenvalue weighted by Gasteiger charge is -2.20. The van der Waals surface area contributed by atoms with Gasteiger partial charge in [0, 0.05) is 27.8 Å². The van der Waals surface area contributed by atoms with E-state index in [0.717, 1.165) is 5.56 Å². The minimum Gasteiger partial charge on any atom is -0.467 e. The monoisotopic (exact) mass is 348 g/mol. The number of hydrogen-bond acceptors (Lipinski definition) is 4. The number of ether oxygens (including phenoxy) is 3. The van der Waals surface area contributed by atoms with Crippen molar-refractivity contribution in [3.05, 3.63) is 70.0 Å². The Labute approximate surface area is 143 Å². The highest BCUT2D eigenvalue weighted by Gasteiger charge is 2.17. The van der Waals surface area contributed by atoms with Gasteiger partial charge in [-0.1, -0.05) is 29.8 Å². The summed E-state index contributed by atoms with van der Waals surface area (Å²) in [6, 6.07) is 9.59. The van der Waals surface area contributed by atoms with Gasteiger partial charge in [0.25, 0.3) is 0 Å². The summed E-state index contributed by atoms with van der Waals surface area (Å²) in [6.45, 7) is 0.538. The molecule has 0 atom stereocenters. The zero-order chi connectivity index (χ0) is 16.9. The van der Waals surface area contributed by atoms with E-state index in [4.69, 9.17) is 25.8 Å². The molecule has 2 aromatic carbocycles. The fraction of sp³-hybridized carbons (Fsp3) is 0.167. The third kappa shape index (κ3) is 3.93. The smallest absolute Gasteiger partial charge is 0.331 e. The van der Waals surface area contributed by atoms with Gasteiger partial charge in [0.2, 0.25) is 0 Å². The second-order valence-corrected chi connectivity index (χ2v) is 5.56. The van der Waals surface area contributed by atoms with Crippen molar-refractivity contribution in [3.8, 4) is 5.75 Å². The Hall–Kier alpha value is -2.37. The average molecular weight is 349 g/mol. The van der Waals surface area contributed by atoms with Gasteiger partial charge in [-0.05, 0) is 24.3 Å². The number of fused-ring (bicyclic) bond motifs is 1. The summed E-state index contributed by atoms with van der Waals surface area (Å²) in [7, 11) is 0. The molecule has 0 bridgehead atoms. The molecule has 0 saturated heterocycles. The van der Waals surface area contributed by atoms with Crippen molar-refractivity contribution in [2.45, 2.75) is 13.2 Å². The Morgan fingerprint density at radius 1 is 1.33 bits per heavy atom. The third-order valence-electron chi connectivity index (χ3n) is 3.43. The molecule has 3 rings (SSSR count). The number of benzene rings is 2. The minimum atomic E-state index is -0.584. The van der Waals surface area contributed by atoms with E-state index < -0.39 is 11.8 Å². The first-order valence-electron chi connectivity index (χ1n) is 7.24. The van der Waals surface area contributed by atoms with E-state index in [1.165, 1.54) is 18.2 Å². The van der Waals surface area contributed by atoms with Crippen molar-refractivity contribution in [1.82, 2.24) is 0 Å². The van der Waals surface area contributed by atoms with Crippen LogP contribution in [0.5, 0.6) is 5.75 Å². The van der Waals surface area contributed by atoms with Gasteiger partial charge in [-0.25, -0.2) is 9.18 Å². The van der Waals surface area contributed by atoms with E-state index in [2.05, 4.69) is 0 Å². The molecule has 0 aliphatic carbocycles. The van der Waals surface area contributed by atoms with Crippen LogP contribution in [-0.4, -0.2) is 12.8 Å². The SMILES string of the molecule is O=C(/C=C/c1ccccc1F)OCc1cc(Cl)cc2c1OCOC2. The molecule has 6 heteroatoms. The van der Waals surface area contributed by atoms with E-state index in [1.54, 1.807) is 30.3 Å². The van der Waals surface area contributed by atoms with Crippen molar-refractivity contribution in [2.24, 2.45) is 0 Å². The lowest BCUT2D eigenvalue weighted by Crippen LogP contribution is -2.14. The molecule has 24 heavy (non-hydrogen) atoms. The molecule has 0 N–H and O–H groups in total. The highest BCUT2D eigenvalue weighted by Crippen LogP contribution is 2.32. The maximum absolute atomic E-state index is 13.5. The van der Waals surface area contributed by atoms with Crippen LogP contribution >= 0.6 is 11.6 Å². The Morgan fingerprint density at radius 3 is 3.00 bits per heavy atom. The summed E-state index contributed by atoms with van der Waals surface area (Å²) in [5.74, 6) is -0.366. The summed E-state index contributed by atoms with van der Waals surface area (Å²) in [4.78, 5) is 11.8. The lowest BCUT2D eigenvalue weighted by atomic mass is 10.1. The minimum absolute atomic E-state index is 0.00331. The summed E-state index contributed by atoms with van der Waals surface area (Å²) >= 11 is 6.05. The highest BCUT2D eigenvalue weighted by molar-refractivity contribution is 6.30. The Bertz CT molecular complexity index is 789. The standard InChI is InChI=1S/C18H14ClFO4/c19-15-7-13-9-22-11-24-18(13)14(8-15)10-23-17(21)6-5-12-3-1-2-4-16(12)20/h1-8H,9-11H2/b6-5+. The first-order valence-corrected chi connectivity index (χ1v) is 7.62. The maximum atomic E-state index is 13.5. The molecule has 1 aliphatic rings. The second-order valence-electron chi connectivity index (χ2n) is 5.13.